The largest absolute Gasteiger partial charge is 0.360 e. The minimum atomic E-state index is -0.0806. The first-order valence-corrected chi connectivity index (χ1v) is 9.22. The number of rotatable bonds is 4. The molecule has 2 saturated carbocycles. The fraction of sp³-hybridized carbons (Fsp3) is 0.778. The number of likely N-dealkylation sites (tertiary alicyclic amines) is 1. The van der Waals surface area contributed by atoms with Crippen molar-refractivity contribution in [1.82, 2.24) is 15.4 Å². The second-order valence-corrected chi connectivity index (χ2v) is 7.69. The second-order valence-electron chi connectivity index (χ2n) is 7.69. The maximum Gasteiger partial charge on any atom is 0.273 e. The van der Waals surface area contributed by atoms with Crippen LogP contribution in [0.25, 0.3) is 0 Å². The first-order chi connectivity index (χ1) is 11.2. The third-order valence-electron chi connectivity index (χ3n) is 5.79. The summed E-state index contributed by atoms with van der Waals surface area (Å²) < 4.78 is 5.30. The molecular formula is C18H27N3O2. The van der Waals surface area contributed by atoms with Crippen LogP contribution in [-0.2, 0) is 0 Å². The number of nitrogens with zero attached hydrogens (tertiary/aromatic N) is 2. The Bertz CT molecular complexity index is 560. The lowest BCUT2D eigenvalue weighted by Gasteiger charge is -2.31. The van der Waals surface area contributed by atoms with Crippen LogP contribution in [-0.4, -0.2) is 41.1 Å². The summed E-state index contributed by atoms with van der Waals surface area (Å²) in [6.07, 6.45) is 9.06. The Hall–Kier alpha value is -1.36. The summed E-state index contributed by atoms with van der Waals surface area (Å²) in [4.78, 5) is 15.0. The summed E-state index contributed by atoms with van der Waals surface area (Å²) in [5.74, 6) is 1.79. The molecule has 2 heterocycles. The number of hydrogen-bond donors (Lipinski definition) is 1. The minimum Gasteiger partial charge on any atom is -0.360 e. The number of nitrogens with one attached hydrogen (secondary N) is 1. The molecule has 0 unspecified atom stereocenters. The molecule has 4 rings (SSSR count). The zero-order valence-electron chi connectivity index (χ0n) is 14.0. The van der Waals surface area contributed by atoms with E-state index in [4.69, 9.17) is 4.52 Å². The van der Waals surface area contributed by atoms with Crippen molar-refractivity contribution in [2.24, 2.45) is 5.92 Å². The quantitative estimate of drug-likeness (QED) is 0.927. The fourth-order valence-electron chi connectivity index (χ4n) is 4.14. The molecule has 3 fully saturated rings. The summed E-state index contributed by atoms with van der Waals surface area (Å²) in [7, 11) is 0. The summed E-state index contributed by atoms with van der Waals surface area (Å²) in [5, 5.41) is 7.14. The van der Waals surface area contributed by atoms with Gasteiger partial charge in [0, 0.05) is 37.2 Å². The molecule has 5 heteroatoms. The number of aromatic nitrogens is 1. The Morgan fingerprint density at radius 2 is 2.00 bits per heavy atom. The lowest BCUT2D eigenvalue weighted by molar-refractivity contribution is 0.0920. The predicted molar refractivity (Wildman–Crippen MR) is 87.3 cm³/mol. The van der Waals surface area contributed by atoms with Crippen molar-refractivity contribution in [3.05, 3.63) is 17.5 Å². The Kier molecular flexibility index (Phi) is 4.14. The molecule has 1 aromatic heterocycles. The highest BCUT2D eigenvalue weighted by molar-refractivity contribution is 5.92. The third kappa shape index (κ3) is 3.30. The lowest BCUT2D eigenvalue weighted by Crippen LogP contribution is -2.41. The van der Waals surface area contributed by atoms with Crippen LogP contribution in [0.2, 0.25) is 0 Å². The average molecular weight is 317 g/mol. The first kappa shape index (κ1) is 15.2. The maximum atomic E-state index is 12.4. The number of carbonyl (C=O) groups is 1. The van der Waals surface area contributed by atoms with E-state index in [2.05, 4.69) is 22.3 Å². The van der Waals surface area contributed by atoms with Crippen LogP contribution >= 0.6 is 0 Å². The van der Waals surface area contributed by atoms with Gasteiger partial charge in [0.1, 0.15) is 5.76 Å². The standard InChI is InChI=1S/C18H27N3O2/c1-12-10-21(14-5-3-2-4-6-14)11-16(12)19-18(22)15-9-17(23-20-15)13-7-8-13/h9,12-14,16H,2-8,10-11H2,1H3,(H,19,22)/t12-,16-/m0/s1. The van der Waals surface area contributed by atoms with Crippen LogP contribution in [0.1, 0.15) is 74.0 Å². The summed E-state index contributed by atoms with van der Waals surface area (Å²) in [5.41, 5.74) is 0.440. The van der Waals surface area contributed by atoms with E-state index in [1.807, 2.05) is 6.07 Å². The molecule has 2 aliphatic carbocycles. The van der Waals surface area contributed by atoms with E-state index >= 15 is 0 Å². The van der Waals surface area contributed by atoms with E-state index in [0.29, 0.717) is 17.5 Å². The van der Waals surface area contributed by atoms with Gasteiger partial charge in [0.15, 0.2) is 5.69 Å². The van der Waals surface area contributed by atoms with E-state index in [1.165, 1.54) is 32.1 Å². The molecule has 0 aromatic carbocycles. The molecule has 1 N–H and O–H groups in total. The van der Waals surface area contributed by atoms with Crippen LogP contribution < -0.4 is 5.32 Å². The molecule has 0 spiro atoms. The van der Waals surface area contributed by atoms with Gasteiger partial charge in [-0.1, -0.05) is 31.3 Å². The predicted octanol–water partition coefficient (Wildman–Crippen LogP) is 2.93. The maximum absolute atomic E-state index is 12.4. The number of amides is 1. The molecule has 1 amide bonds. The molecule has 1 saturated heterocycles. The summed E-state index contributed by atoms with van der Waals surface area (Å²) >= 11 is 0. The molecule has 23 heavy (non-hydrogen) atoms. The second kappa shape index (κ2) is 6.27. The minimum absolute atomic E-state index is 0.0806. The van der Waals surface area contributed by atoms with Gasteiger partial charge in [-0.3, -0.25) is 9.69 Å². The molecule has 1 aromatic rings. The van der Waals surface area contributed by atoms with Gasteiger partial charge in [-0.15, -0.1) is 0 Å². The smallest absolute Gasteiger partial charge is 0.273 e. The van der Waals surface area contributed by atoms with Gasteiger partial charge in [-0.05, 0) is 31.6 Å². The van der Waals surface area contributed by atoms with Crippen LogP contribution in [0.3, 0.4) is 0 Å². The Balaban J connectivity index is 1.34. The molecule has 5 nitrogen and oxygen atoms in total. The zero-order chi connectivity index (χ0) is 15.8. The van der Waals surface area contributed by atoms with E-state index in [1.54, 1.807) is 0 Å². The lowest BCUT2D eigenvalue weighted by atomic mass is 9.94. The molecule has 1 aliphatic heterocycles. The molecular weight excluding hydrogens is 290 g/mol. The number of hydrogen-bond acceptors (Lipinski definition) is 4. The van der Waals surface area contributed by atoms with Crippen molar-refractivity contribution in [3.63, 3.8) is 0 Å². The average Bonchev–Trinajstić information content (AvgIpc) is 3.18. The van der Waals surface area contributed by atoms with E-state index in [9.17, 15) is 4.79 Å². The van der Waals surface area contributed by atoms with Gasteiger partial charge >= 0.3 is 0 Å². The van der Waals surface area contributed by atoms with E-state index in [0.717, 1.165) is 37.7 Å². The Morgan fingerprint density at radius 3 is 2.74 bits per heavy atom. The van der Waals surface area contributed by atoms with Crippen LogP contribution in [0.5, 0.6) is 0 Å². The SMILES string of the molecule is C[C@H]1CN(C2CCCCC2)C[C@@H]1NC(=O)c1cc(C2CC2)on1. The molecule has 0 bridgehead atoms. The van der Waals surface area contributed by atoms with Crippen LogP contribution in [0, 0.1) is 5.92 Å². The van der Waals surface area contributed by atoms with Crippen molar-refractivity contribution in [3.8, 4) is 0 Å². The van der Waals surface area contributed by atoms with Crippen LogP contribution in [0.15, 0.2) is 10.6 Å². The summed E-state index contributed by atoms with van der Waals surface area (Å²) in [6.45, 7) is 4.32. The van der Waals surface area contributed by atoms with Gasteiger partial charge < -0.3 is 9.84 Å². The molecule has 2 atom stereocenters. The molecule has 3 aliphatic rings. The first-order valence-electron chi connectivity index (χ1n) is 9.22. The zero-order valence-corrected chi connectivity index (χ0v) is 14.0. The third-order valence-corrected chi connectivity index (χ3v) is 5.79. The van der Waals surface area contributed by atoms with Crippen molar-refractivity contribution < 1.29 is 9.32 Å². The molecule has 0 radical (unpaired) electrons. The van der Waals surface area contributed by atoms with Gasteiger partial charge in [0.05, 0.1) is 0 Å². The van der Waals surface area contributed by atoms with E-state index in [-0.39, 0.29) is 11.9 Å². The van der Waals surface area contributed by atoms with E-state index < -0.39 is 0 Å². The Labute approximate surface area is 137 Å². The molecule has 126 valence electrons. The van der Waals surface area contributed by atoms with Gasteiger partial charge in [0.25, 0.3) is 5.91 Å². The highest BCUT2D eigenvalue weighted by Gasteiger charge is 2.35. The fourth-order valence-corrected chi connectivity index (χ4v) is 4.14. The van der Waals surface area contributed by atoms with Crippen molar-refractivity contribution in [2.45, 2.75) is 69.9 Å². The normalized spacial score (nSPS) is 29.8. The highest BCUT2D eigenvalue weighted by Crippen LogP contribution is 2.40. The summed E-state index contributed by atoms with van der Waals surface area (Å²) in [6, 6.07) is 2.78. The number of carbonyl (C=O) groups excluding carboxylic acids is 1. The van der Waals surface area contributed by atoms with Crippen molar-refractivity contribution in [1.29, 1.82) is 0 Å². The van der Waals surface area contributed by atoms with Crippen molar-refractivity contribution in [2.75, 3.05) is 13.1 Å². The van der Waals surface area contributed by atoms with Gasteiger partial charge in [-0.2, -0.15) is 0 Å². The van der Waals surface area contributed by atoms with Gasteiger partial charge in [-0.25, -0.2) is 0 Å². The van der Waals surface area contributed by atoms with Gasteiger partial charge in [0.2, 0.25) is 0 Å². The Morgan fingerprint density at radius 1 is 1.22 bits per heavy atom. The van der Waals surface area contributed by atoms with Crippen LogP contribution in [0.4, 0.5) is 0 Å². The monoisotopic (exact) mass is 317 g/mol. The highest BCUT2D eigenvalue weighted by atomic mass is 16.5. The van der Waals surface area contributed by atoms with Crippen molar-refractivity contribution >= 4 is 5.91 Å². The topological polar surface area (TPSA) is 58.4 Å².